The second kappa shape index (κ2) is 11.2. The zero-order valence-corrected chi connectivity index (χ0v) is 19.6. The van der Waals surface area contributed by atoms with Gasteiger partial charge >= 0.3 is 12.3 Å². The Balaban J connectivity index is 0.00000187. The monoisotopic (exact) mass is 464 g/mol. The Hall–Kier alpha value is -3.10. The number of hydrogen-bond acceptors (Lipinski definition) is 5. The van der Waals surface area contributed by atoms with Gasteiger partial charge in [-0.3, -0.25) is 0 Å². The lowest BCUT2D eigenvalue weighted by molar-refractivity contribution is -0.137. The van der Waals surface area contributed by atoms with E-state index < -0.39 is 23.4 Å². The molecule has 1 aliphatic rings. The van der Waals surface area contributed by atoms with Gasteiger partial charge in [0, 0.05) is 31.4 Å². The fraction of sp³-hybridized carbons (Fsp3) is 0.458. The van der Waals surface area contributed by atoms with Gasteiger partial charge in [0.05, 0.1) is 11.6 Å². The van der Waals surface area contributed by atoms with Crippen molar-refractivity contribution in [1.82, 2.24) is 14.9 Å². The summed E-state index contributed by atoms with van der Waals surface area (Å²) < 4.78 is 43.7. The van der Waals surface area contributed by atoms with Crippen LogP contribution in [0.1, 0.15) is 45.7 Å². The van der Waals surface area contributed by atoms with Gasteiger partial charge in [-0.1, -0.05) is 38.1 Å². The lowest BCUT2D eigenvalue weighted by Crippen LogP contribution is -2.36. The molecule has 3 rings (SSSR count). The zero-order chi connectivity index (χ0) is 24.6. The summed E-state index contributed by atoms with van der Waals surface area (Å²) in [6, 6.07) is 6.46. The van der Waals surface area contributed by atoms with Gasteiger partial charge in [0.15, 0.2) is 0 Å². The smallest absolute Gasteiger partial charge is 0.416 e. The first kappa shape index (κ1) is 26.2. The van der Waals surface area contributed by atoms with Crippen LogP contribution in [0.2, 0.25) is 0 Å². The van der Waals surface area contributed by atoms with E-state index in [0.29, 0.717) is 24.6 Å². The minimum absolute atomic E-state index is 0.112. The predicted molar refractivity (Wildman–Crippen MR) is 123 cm³/mol. The summed E-state index contributed by atoms with van der Waals surface area (Å²) >= 11 is 0. The molecule has 1 saturated heterocycles. The van der Waals surface area contributed by atoms with Crippen molar-refractivity contribution in [3.63, 3.8) is 0 Å². The highest BCUT2D eigenvalue weighted by Gasteiger charge is 2.36. The number of rotatable bonds is 4. The zero-order valence-electron chi connectivity index (χ0n) is 19.6. The van der Waals surface area contributed by atoms with Crippen LogP contribution in [0, 0.1) is 5.92 Å². The van der Waals surface area contributed by atoms with Gasteiger partial charge in [0.2, 0.25) is 5.95 Å². The lowest BCUT2D eigenvalue weighted by Gasteiger charge is -2.24. The molecule has 0 spiro atoms. The third-order valence-corrected chi connectivity index (χ3v) is 4.67. The molecule has 0 aliphatic carbocycles. The van der Waals surface area contributed by atoms with Crippen molar-refractivity contribution < 1.29 is 22.7 Å². The number of carbonyl (C=O) groups is 1. The fourth-order valence-electron chi connectivity index (χ4n) is 3.21. The number of anilines is 1. The third-order valence-electron chi connectivity index (χ3n) is 4.67. The summed E-state index contributed by atoms with van der Waals surface area (Å²) in [5, 5.41) is 3.23. The average Bonchev–Trinajstić information content (AvgIpc) is 3.16. The molecule has 1 aliphatic heterocycles. The summed E-state index contributed by atoms with van der Waals surface area (Å²) in [6.45, 7) is 10.2. The quantitative estimate of drug-likeness (QED) is 0.612. The molecule has 33 heavy (non-hydrogen) atoms. The Morgan fingerprint density at radius 3 is 2.24 bits per heavy atom. The van der Waals surface area contributed by atoms with Crippen LogP contribution in [0.5, 0.6) is 0 Å². The van der Waals surface area contributed by atoms with E-state index in [4.69, 9.17) is 4.74 Å². The molecule has 9 heteroatoms. The number of likely N-dealkylation sites (tertiary alicyclic amines) is 1. The van der Waals surface area contributed by atoms with Crippen LogP contribution in [0.15, 0.2) is 48.8 Å². The number of ether oxygens (including phenoxy) is 1. The number of benzene rings is 1. The number of alkyl halides is 3. The largest absolute Gasteiger partial charge is 0.444 e. The first-order valence-electron chi connectivity index (χ1n) is 10.9. The molecule has 1 N–H and O–H groups in total. The molecule has 6 nitrogen and oxygen atoms in total. The molecule has 1 aromatic heterocycles. The van der Waals surface area contributed by atoms with E-state index in [1.165, 1.54) is 12.1 Å². The maximum Gasteiger partial charge on any atom is 0.416 e. The Morgan fingerprint density at radius 2 is 1.70 bits per heavy atom. The Kier molecular flexibility index (Phi) is 8.84. The third kappa shape index (κ3) is 8.07. The number of amides is 1. The fourth-order valence-corrected chi connectivity index (χ4v) is 3.21. The van der Waals surface area contributed by atoms with E-state index >= 15 is 0 Å². The van der Waals surface area contributed by atoms with Crippen molar-refractivity contribution in [1.29, 1.82) is 0 Å². The highest BCUT2D eigenvalue weighted by Crippen LogP contribution is 2.29. The van der Waals surface area contributed by atoms with Crippen LogP contribution < -0.4 is 5.32 Å². The van der Waals surface area contributed by atoms with Gasteiger partial charge in [-0.2, -0.15) is 13.2 Å². The van der Waals surface area contributed by atoms with Crippen molar-refractivity contribution >= 4 is 18.1 Å². The second-order valence-corrected chi connectivity index (χ2v) is 8.35. The van der Waals surface area contributed by atoms with Crippen molar-refractivity contribution in [3.05, 3.63) is 59.9 Å². The summed E-state index contributed by atoms with van der Waals surface area (Å²) in [5.74, 6) is 0.324. The minimum atomic E-state index is -4.37. The normalized spacial score (nSPS) is 18.6. The highest BCUT2D eigenvalue weighted by atomic mass is 19.4. The lowest BCUT2D eigenvalue weighted by atomic mass is 10.0. The first-order valence-corrected chi connectivity index (χ1v) is 10.9. The maximum absolute atomic E-state index is 12.8. The Bertz CT molecular complexity index is 910. The number of nitrogens with one attached hydrogen (secondary N) is 1. The molecule has 1 fully saturated rings. The topological polar surface area (TPSA) is 67.3 Å². The van der Waals surface area contributed by atoms with Gasteiger partial charge in [-0.25, -0.2) is 14.8 Å². The SMILES string of the molecule is CC.CC(C)(C)OC(=O)N1CC(/C=C/c2ccc(C(F)(F)F)cc2)C(Nc2ncccn2)C1. The van der Waals surface area contributed by atoms with Crippen LogP contribution >= 0.6 is 0 Å². The van der Waals surface area contributed by atoms with Crippen LogP contribution in [-0.4, -0.2) is 45.7 Å². The van der Waals surface area contributed by atoms with Crippen molar-refractivity contribution in [2.45, 2.75) is 52.4 Å². The number of halogens is 3. The molecule has 0 radical (unpaired) electrons. The highest BCUT2D eigenvalue weighted by molar-refractivity contribution is 5.69. The molecule has 1 aromatic carbocycles. The summed E-state index contributed by atoms with van der Waals surface area (Å²) in [4.78, 5) is 22.5. The van der Waals surface area contributed by atoms with Gasteiger partial charge in [0.1, 0.15) is 5.60 Å². The summed E-state index contributed by atoms with van der Waals surface area (Å²) in [6.07, 6.45) is 2.08. The van der Waals surface area contributed by atoms with Crippen LogP contribution in [0.3, 0.4) is 0 Å². The Labute approximate surface area is 192 Å². The van der Waals surface area contributed by atoms with Gasteiger partial charge in [0.25, 0.3) is 0 Å². The molecule has 1 amide bonds. The van der Waals surface area contributed by atoms with E-state index in [2.05, 4.69) is 15.3 Å². The molecule has 0 saturated carbocycles. The second-order valence-electron chi connectivity index (χ2n) is 8.35. The van der Waals surface area contributed by atoms with Gasteiger partial charge < -0.3 is 15.0 Å². The van der Waals surface area contributed by atoms with E-state index in [9.17, 15) is 18.0 Å². The molecular weight excluding hydrogens is 433 g/mol. The molecule has 0 bridgehead atoms. The van der Waals surface area contributed by atoms with E-state index in [1.807, 2.05) is 19.9 Å². The number of aromatic nitrogens is 2. The molecule has 180 valence electrons. The van der Waals surface area contributed by atoms with Gasteiger partial charge in [-0.05, 0) is 44.5 Å². The standard InChI is InChI=1S/C22H25F3N4O2.C2H6/c1-21(2,3)31-20(30)29-13-16(18(14-29)28-19-26-11-4-12-27-19)8-5-15-6-9-17(10-7-15)22(23,24)25;1-2/h4-12,16,18H,13-14H2,1-3H3,(H,26,27,28);1-2H3/b8-5+;. The number of hydrogen-bond donors (Lipinski definition) is 1. The van der Waals surface area contributed by atoms with Crippen molar-refractivity contribution in [2.24, 2.45) is 5.92 Å². The van der Waals surface area contributed by atoms with E-state index in [-0.39, 0.29) is 12.0 Å². The van der Waals surface area contributed by atoms with E-state index in [0.717, 1.165) is 12.1 Å². The first-order chi connectivity index (χ1) is 15.5. The number of carbonyl (C=O) groups excluding carboxylic acids is 1. The average molecular weight is 465 g/mol. The number of nitrogens with zero attached hydrogens (tertiary/aromatic N) is 3. The summed E-state index contributed by atoms with van der Waals surface area (Å²) in [5.41, 5.74) is -0.669. The maximum atomic E-state index is 12.8. The molecule has 2 aromatic rings. The predicted octanol–water partition coefficient (Wildman–Crippen LogP) is 5.88. The summed E-state index contributed by atoms with van der Waals surface area (Å²) in [7, 11) is 0. The van der Waals surface area contributed by atoms with Crippen LogP contribution in [-0.2, 0) is 10.9 Å². The van der Waals surface area contributed by atoms with Crippen molar-refractivity contribution in [2.75, 3.05) is 18.4 Å². The van der Waals surface area contributed by atoms with E-state index in [1.54, 1.807) is 50.2 Å². The van der Waals surface area contributed by atoms with Crippen molar-refractivity contribution in [3.8, 4) is 0 Å². The molecule has 2 unspecified atom stereocenters. The van der Waals surface area contributed by atoms with Crippen LogP contribution in [0.4, 0.5) is 23.9 Å². The van der Waals surface area contributed by atoms with Gasteiger partial charge in [-0.15, -0.1) is 0 Å². The molecular formula is C24H31F3N4O2. The molecule has 2 heterocycles. The minimum Gasteiger partial charge on any atom is -0.444 e. The molecule has 2 atom stereocenters. The van der Waals surface area contributed by atoms with Crippen LogP contribution in [0.25, 0.3) is 6.08 Å². The Morgan fingerprint density at radius 1 is 1.09 bits per heavy atom.